The highest BCUT2D eigenvalue weighted by atomic mass is 35.5. The van der Waals surface area contributed by atoms with Crippen molar-refractivity contribution in [2.45, 2.75) is 18.4 Å². The van der Waals surface area contributed by atoms with Crippen LogP contribution in [-0.4, -0.2) is 8.42 Å². The van der Waals surface area contributed by atoms with Gasteiger partial charge in [-0.15, -0.1) is 0 Å². The van der Waals surface area contributed by atoms with Crippen LogP contribution in [0.2, 0.25) is 10.0 Å². The van der Waals surface area contributed by atoms with Gasteiger partial charge in [-0.1, -0.05) is 41.4 Å². The Morgan fingerprint density at radius 2 is 1.90 bits per heavy atom. The van der Waals surface area contributed by atoms with Crippen molar-refractivity contribution in [1.29, 1.82) is 0 Å². The van der Waals surface area contributed by atoms with E-state index in [0.717, 1.165) is 5.56 Å². The van der Waals surface area contributed by atoms with Gasteiger partial charge in [0.2, 0.25) is 0 Å². The topological polar surface area (TPSA) is 72.2 Å². The third kappa shape index (κ3) is 3.49. The van der Waals surface area contributed by atoms with Crippen LogP contribution in [0.4, 0.5) is 5.69 Å². The Hall–Kier alpha value is -1.27. The molecule has 4 nitrogen and oxygen atoms in total. The fourth-order valence-corrected chi connectivity index (χ4v) is 3.62. The van der Waals surface area contributed by atoms with Gasteiger partial charge in [-0.3, -0.25) is 4.72 Å². The van der Waals surface area contributed by atoms with E-state index >= 15 is 0 Å². The molecule has 112 valence electrons. The zero-order chi connectivity index (χ0) is 15.6. The first-order valence-corrected chi connectivity index (χ1v) is 8.35. The van der Waals surface area contributed by atoms with Crippen LogP contribution in [0.5, 0.6) is 0 Å². The van der Waals surface area contributed by atoms with E-state index in [1.165, 1.54) is 0 Å². The van der Waals surface area contributed by atoms with Crippen LogP contribution in [0.25, 0.3) is 0 Å². The van der Waals surface area contributed by atoms with Gasteiger partial charge < -0.3 is 5.73 Å². The zero-order valence-corrected chi connectivity index (χ0v) is 13.6. The molecule has 0 radical (unpaired) electrons. The molecule has 0 aromatic heterocycles. The van der Waals surface area contributed by atoms with Gasteiger partial charge in [0.1, 0.15) is 0 Å². The lowest BCUT2D eigenvalue weighted by atomic mass is 10.1. The van der Waals surface area contributed by atoms with Gasteiger partial charge in [-0.2, -0.15) is 0 Å². The number of hydrogen-bond acceptors (Lipinski definition) is 3. The van der Waals surface area contributed by atoms with E-state index in [4.69, 9.17) is 28.9 Å². The monoisotopic (exact) mass is 344 g/mol. The van der Waals surface area contributed by atoms with Gasteiger partial charge >= 0.3 is 0 Å². The number of sulfonamides is 1. The molecule has 0 saturated heterocycles. The molecule has 7 heteroatoms. The minimum absolute atomic E-state index is 0.162. The third-order valence-electron chi connectivity index (χ3n) is 2.97. The molecule has 2 aromatic rings. The average Bonchev–Trinajstić information content (AvgIpc) is 2.44. The second kappa shape index (κ2) is 6.23. The number of hydrogen-bond donors (Lipinski definition) is 2. The summed E-state index contributed by atoms with van der Waals surface area (Å²) in [5, 5.41) is 0.444. The lowest BCUT2D eigenvalue weighted by molar-refractivity contribution is 0.600. The summed E-state index contributed by atoms with van der Waals surface area (Å²) in [4.78, 5) is 0.168. The molecule has 21 heavy (non-hydrogen) atoms. The zero-order valence-electron chi connectivity index (χ0n) is 11.2. The molecule has 0 fully saturated rings. The van der Waals surface area contributed by atoms with Crippen LogP contribution < -0.4 is 10.5 Å². The number of benzene rings is 2. The van der Waals surface area contributed by atoms with Crippen molar-refractivity contribution in [3.8, 4) is 0 Å². The quantitative estimate of drug-likeness (QED) is 0.890. The molecule has 2 rings (SSSR count). The van der Waals surface area contributed by atoms with Crippen LogP contribution in [0.3, 0.4) is 0 Å². The van der Waals surface area contributed by atoms with Crippen molar-refractivity contribution in [2.75, 3.05) is 4.72 Å². The van der Waals surface area contributed by atoms with Crippen molar-refractivity contribution in [1.82, 2.24) is 0 Å². The maximum absolute atomic E-state index is 12.5. The fraction of sp³-hybridized carbons (Fsp3) is 0.143. The Labute approximate surface area is 133 Å². The Morgan fingerprint density at radius 1 is 1.19 bits per heavy atom. The van der Waals surface area contributed by atoms with E-state index in [2.05, 4.69) is 4.72 Å². The molecule has 0 aliphatic rings. The molecule has 0 aliphatic heterocycles. The number of halogens is 2. The summed E-state index contributed by atoms with van der Waals surface area (Å²) in [6.45, 7) is 1.98. The molecule has 0 atom stereocenters. The lowest BCUT2D eigenvalue weighted by Gasteiger charge is -2.13. The van der Waals surface area contributed by atoms with E-state index < -0.39 is 10.0 Å². The summed E-state index contributed by atoms with van der Waals surface area (Å²) >= 11 is 11.9. The first kappa shape index (κ1) is 16.1. The molecule has 0 aliphatic carbocycles. The highest BCUT2D eigenvalue weighted by molar-refractivity contribution is 7.92. The van der Waals surface area contributed by atoms with Crippen molar-refractivity contribution >= 4 is 38.9 Å². The maximum atomic E-state index is 12.5. The third-order valence-corrected chi connectivity index (χ3v) is 5.30. The largest absolute Gasteiger partial charge is 0.326 e. The van der Waals surface area contributed by atoms with E-state index in [9.17, 15) is 8.42 Å². The number of nitrogens with one attached hydrogen (secondary N) is 1. The number of nitrogens with two attached hydrogens (primary N) is 1. The van der Waals surface area contributed by atoms with E-state index in [1.807, 2.05) is 0 Å². The van der Waals surface area contributed by atoms with Crippen LogP contribution in [0.1, 0.15) is 11.1 Å². The minimum atomic E-state index is -3.76. The van der Waals surface area contributed by atoms with Crippen LogP contribution in [0, 0.1) is 6.92 Å². The molecule has 0 saturated carbocycles. The molecule has 3 N–H and O–H groups in total. The molecule has 0 bridgehead atoms. The maximum Gasteiger partial charge on any atom is 0.262 e. The number of aryl methyl sites for hydroxylation is 1. The highest BCUT2D eigenvalue weighted by Gasteiger charge is 2.19. The summed E-state index contributed by atoms with van der Waals surface area (Å²) in [7, 11) is -3.76. The number of anilines is 1. The summed E-state index contributed by atoms with van der Waals surface area (Å²) in [5.41, 5.74) is 7.15. The normalized spacial score (nSPS) is 11.4. The van der Waals surface area contributed by atoms with Gasteiger partial charge in [0, 0.05) is 6.54 Å². The van der Waals surface area contributed by atoms with Gasteiger partial charge in [0.15, 0.2) is 0 Å². The Bertz CT molecular complexity index is 777. The Morgan fingerprint density at radius 3 is 2.57 bits per heavy atom. The smallest absolute Gasteiger partial charge is 0.262 e. The summed E-state index contributed by atoms with van der Waals surface area (Å²) < 4.78 is 27.5. The molecular weight excluding hydrogens is 331 g/mol. The Kier molecular flexibility index (Phi) is 4.78. The fourth-order valence-electron chi connectivity index (χ4n) is 1.84. The van der Waals surface area contributed by atoms with Crippen molar-refractivity contribution in [2.24, 2.45) is 5.73 Å². The average molecular weight is 345 g/mol. The Balaban J connectivity index is 2.46. The molecular formula is C14H14Cl2N2O2S. The van der Waals surface area contributed by atoms with Crippen LogP contribution in [0.15, 0.2) is 41.3 Å². The second-order valence-electron chi connectivity index (χ2n) is 4.51. The van der Waals surface area contributed by atoms with Crippen LogP contribution in [-0.2, 0) is 16.6 Å². The lowest BCUT2D eigenvalue weighted by Crippen LogP contribution is -2.15. The first-order valence-electron chi connectivity index (χ1n) is 6.11. The van der Waals surface area contributed by atoms with Crippen molar-refractivity contribution in [3.05, 3.63) is 57.6 Å². The predicted octanol–water partition coefficient (Wildman–Crippen LogP) is 3.56. The summed E-state index contributed by atoms with van der Waals surface area (Å²) in [5.74, 6) is 0. The standard InChI is InChI=1S/C14H14Cl2N2O2S/c1-9-5-6-10(8-17)7-13(9)21(19,20)18-12-4-2-3-11(15)14(12)16/h2-7,18H,8,17H2,1H3. The van der Waals surface area contributed by atoms with Gasteiger partial charge in [0.25, 0.3) is 10.0 Å². The highest BCUT2D eigenvalue weighted by Crippen LogP contribution is 2.31. The molecule has 2 aromatic carbocycles. The van der Waals surface area contributed by atoms with Crippen molar-refractivity contribution in [3.63, 3.8) is 0 Å². The van der Waals surface area contributed by atoms with E-state index in [-0.39, 0.29) is 27.2 Å². The summed E-state index contributed by atoms with van der Waals surface area (Å²) in [6.07, 6.45) is 0. The number of rotatable bonds is 4. The van der Waals surface area contributed by atoms with Gasteiger partial charge in [-0.05, 0) is 36.2 Å². The molecule has 0 heterocycles. The van der Waals surface area contributed by atoms with Gasteiger partial charge in [0.05, 0.1) is 20.6 Å². The first-order chi connectivity index (χ1) is 9.85. The predicted molar refractivity (Wildman–Crippen MR) is 86.3 cm³/mol. The summed E-state index contributed by atoms with van der Waals surface area (Å²) in [6, 6.07) is 9.82. The van der Waals surface area contributed by atoms with E-state index in [0.29, 0.717) is 5.56 Å². The minimum Gasteiger partial charge on any atom is -0.326 e. The van der Waals surface area contributed by atoms with E-state index in [1.54, 1.807) is 43.3 Å². The SMILES string of the molecule is Cc1ccc(CN)cc1S(=O)(=O)Nc1cccc(Cl)c1Cl. The molecule has 0 amide bonds. The van der Waals surface area contributed by atoms with Crippen molar-refractivity contribution < 1.29 is 8.42 Å². The molecule has 0 spiro atoms. The van der Waals surface area contributed by atoms with Crippen LogP contribution >= 0.6 is 23.2 Å². The molecule has 0 unspecified atom stereocenters. The van der Waals surface area contributed by atoms with Gasteiger partial charge in [-0.25, -0.2) is 8.42 Å². The second-order valence-corrected chi connectivity index (χ2v) is 6.95.